The van der Waals surface area contributed by atoms with Gasteiger partial charge in [-0.3, -0.25) is 4.79 Å². The smallest absolute Gasteiger partial charge is 0.249 e. The Balaban J connectivity index is 1.75. The second-order valence-corrected chi connectivity index (χ2v) is 6.68. The number of benzene rings is 2. The zero-order valence-electron chi connectivity index (χ0n) is 16.4. The summed E-state index contributed by atoms with van der Waals surface area (Å²) in [5, 5.41) is 16.5. The Hall–Kier alpha value is -3.76. The molecule has 1 amide bonds. The number of hydrogen-bond acceptors (Lipinski definition) is 5. The summed E-state index contributed by atoms with van der Waals surface area (Å²) in [6, 6.07) is 16.1. The molecule has 7 nitrogen and oxygen atoms in total. The monoisotopic (exact) mass is 422 g/mol. The van der Waals surface area contributed by atoms with Crippen molar-refractivity contribution in [2.24, 2.45) is 0 Å². The molecule has 0 bridgehead atoms. The van der Waals surface area contributed by atoms with Crippen molar-refractivity contribution in [3.8, 4) is 23.3 Å². The van der Waals surface area contributed by atoms with E-state index in [-0.39, 0.29) is 12.5 Å². The SMILES string of the molecule is COc1cc(/C=C/C(=O)Nc2cc(C)nn2-c2cccc(Cl)c2)ccc1OCC#N. The fourth-order valence-corrected chi connectivity index (χ4v) is 2.93. The maximum Gasteiger partial charge on any atom is 0.249 e. The van der Waals surface area contributed by atoms with Gasteiger partial charge in [-0.2, -0.15) is 10.4 Å². The van der Waals surface area contributed by atoms with E-state index in [1.165, 1.54) is 13.2 Å². The van der Waals surface area contributed by atoms with Crippen LogP contribution in [0, 0.1) is 18.3 Å². The fraction of sp³-hybridized carbons (Fsp3) is 0.136. The van der Waals surface area contributed by atoms with E-state index in [1.54, 1.807) is 47.2 Å². The van der Waals surface area contributed by atoms with Gasteiger partial charge in [0, 0.05) is 17.2 Å². The third-order valence-electron chi connectivity index (χ3n) is 4.04. The van der Waals surface area contributed by atoms with E-state index >= 15 is 0 Å². The van der Waals surface area contributed by atoms with Crippen molar-refractivity contribution in [1.82, 2.24) is 9.78 Å². The van der Waals surface area contributed by atoms with Crippen molar-refractivity contribution in [2.45, 2.75) is 6.92 Å². The molecule has 30 heavy (non-hydrogen) atoms. The van der Waals surface area contributed by atoms with Crippen molar-refractivity contribution in [3.05, 3.63) is 70.9 Å². The van der Waals surface area contributed by atoms with Crippen LogP contribution in [-0.2, 0) is 4.79 Å². The molecule has 3 aromatic rings. The number of aromatic nitrogens is 2. The molecule has 0 radical (unpaired) electrons. The number of anilines is 1. The lowest BCUT2D eigenvalue weighted by molar-refractivity contribution is -0.111. The van der Waals surface area contributed by atoms with Crippen molar-refractivity contribution >= 4 is 29.4 Å². The van der Waals surface area contributed by atoms with Gasteiger partial charge in [0.2, 0.25) is 5.91 Å². The lowest BCUT2D eigenvalue weighted by Crippen LogP contribution is -2.12. The van der Waals surface area contributed by atoms with Gasteiger partial charge in [-0.1, -0.05) is 23.7 Å². The number of nitrogens with zero attached hydrogens (tertiary/aromatic N) is 3. The zero-order valence-corrected chi connectivity index (χ0v) is 17.2. The van der Waals surface area contributed by atoms with Crippen LogP contribution < -0.4 is 14.8 Å². The largest absolute Gasteiger partial charge is 0.493 e. The van der Waals surface area contributed by atoms with Crippen molar-refractivity contribution in [3.63, 3.8) is 0 Å². The number of halogens is 1. The minimum absolute atomic E-state index is 0.0757. The minimum atomic E-state index is -0.318. The highest BCUT2D eigenvalue weighted by atomic mass is 35.5. The van der Waals surface area contributed by atoms with Crippen LogP contribution in [0.5, 0.6) is 11.5 Å². The molecule has 0 unspecified atom stereocenters. The molecule has 0 aliphatic heterocycles. The molecule has 1 aromatic heterocycles. The van der Waals surface area contributed by atoms with Gasteiger partial charge in [0.05, 0.1) is 18.5 Å². The lowest BCUT2D eigenvalue weighted by Gasteiger charge is -2.09. The topological polar surface area (TPSA) is 89.2 Å². The molecule has 0 aliphatic rings. The van der Waals surface area contributed by atoms with Crippen LogP contribution in [0.2, 0.25) is 5.02 Å². The summed E-state index contributed by atoms with van der Waals surface area (Å²) in [4.78, 5) is 12.5. The van der Waals surface area contributed by atoms with E-state index in [1.807, 2.05) is 25.1 Å². The molecule has 8 heteroatoms. The predicted molar refractivity (Wildman–Crippen MR) is 115 cm³/mol. The highest BCUT2D eigenvalue weighted by molar-refractivity contribution is 6.30. The number of rotatable bonds is 7. The number of hydrogen-bond donors (Lipinski definition) is 1. The number of amides is 1. The molecule has 0 saturated carbocycles. The first-order chi connectivity index (χ1) is 14.5. The van der Waals surface area contributed by atoms with Crippen LogP contribution in [0.1, 0.15) is 11.3 Å². The Bertz CT molecular complexity index is 1130. The molecule has 0 atom stereocenters. The Morgan fingerprint density at radius 1 is 1.27 bits per heavy atom. The van der Waals surface area contributed by atoms with Crippen LogP contribution in [-0.4, -0.2) is 29.4 Å². The van der Waals surface area contributed by atoms with E-state index in [4.69, 9.17) is 26.3 Å². The summed E-state index contributed by atoms with van der Waals surface area (Å²) >= 11 is 6.07. The van der Waals surface area contributed by atoms with Crippen LogP contribution in [0.3, 0.4) is 0 Å². The molecular formula is C22H19ClN4O3. The zero-order chi connectivity index (χ0) is 21.5. The molecule has 0 fully saturated rings. The van der Waals surface area contributed by atoms with E-state index in [9.17, 15) is 4.79 Å². The highest BCUT2D eigenvalue weighted by Gasteiger charge is 2.10. The lowest BCUT2D eigenvalue weighted by atomic mass is 10.2. The van der Waals surface area contributed by atoms with Gasteiger partial charge in [0.15, 0.2) is 18.1 Å². The minimum Gasteiger partial charge on any atom is -0.493 e. The van der Waals surface area contributed by atoms with Gasteiger partial charge in [0.1, 0.15) is 11.9 Å². The van der Waals surface area contributed by atoms with Crippen LogP contribution in [0.25, 0.3) is 11.8 Å². The molecule has 1 heterocycles. The van der Waals surface area contributed by atoms with Crippen LogP contribution >= 0.6 is 11.6 Å². The summed E-state index contributed by atoms with van der Waals surface area (Å²) < 4.78 is 12.2. The number of carbonyl (C=O) groups is 1. The second-order valence-electron chi connectivity index (χ2n) is 6.24. The standard InChI is InChI=1S/C22H19ClN4O3/c1-15-12-21(27(26-15)18-5-3-4-17(23)14-18)25-22(28)9-7-16-6-8-19(30-11-10-24)20(13-16)29-2/h3-9,12-14H,11H2,1-2H3,(H,25,28)/b9-7+. The third-order valence-corrected chi connectivity index (χ3v) is 4.28. The summed E-state index contributed by atoms with van der Waals surface area (Å²) in [6.07, 6.45) is 3.06. The van der Waals surface area contributed by atoms with Crippen LogP contribution in [0.15, 0.2) is 54.6 Å². The van der Waals surface area contributed by atoms with E-state index in [2.05, 4.69) is 10.4 Å². The Kier molecular flexibility index (Phi) is 6.73. The number of carbonyl (C=O) groups excluding carboxylic acids is 1. The maximum atomic E-state index is 12.5. The first-order valence-electron chi connectivity index (χ1n) is 8.99. The Morgan fingerprint density at radius 3 is 2.83 bits per heavy atom. The number of ether oxygens (including phenoxy) is 2. The Labute approximate surface area is 179 Å². The number of nitriles is 1. The predicted octanol–water partition coefficient (Wildman–Crippen LogP) is 4.40. The van der Waals surface area contributed by atoms with Crippen molar-refractivity contribution in [2.75, 3.05) is 19.0 Å². The molecular weight excluding hydrogens is 404 g/mol. The number of nitrogens with one attached hydrogen (secondary N) is 1. The summed E-state index contributed by atoms with van der Waals surface area (Å²) in [6.45, 7) is 1.77. The fourth-order valence-electron chi connectivity index (χ4n) is 2.75. The van der Waals surface area contributed by atoms with Gasteiger partial charge in [0.25, 0.3) is 0 Å². The number of methoxy groups -OCH3 is 1. The van der Waals surface area contributed by atoms with E-state index < -0.39 is 0 Å². The quantitative estimate of drug-likeness (QED) is 0.570. The average molecular weight is 423 g/mol. The Morgan fingerprint density at radius 2 is 2.10 bits per heavy atom. The molecule has 0 aliphatic carbocycles. The van der Waals surface area contributed by atoms with Crippen LogP contribution in [0.4, 0.5) is 5.82 Å². The molecule has 0 saturated heterocycles. The van der Waals surface area contributed by atoms with Gasteiger partial charge in [-0.05, 0) is 48.9 Å². The third kappa shape index (κ3) is 5.19. The van der Waals surface area contributed by atoms with Gasteiger partial charge in [-0.25, -0.2) is 4.68 Å². The number of aryl methyl sites for hydroxylation is 1. The van der Waals surface area contributed by atoms with Crippen molar-refractivity contribution in [1.29, 1.82) is 5.26 Å². The summed E-state index contributed by atoms with van der Waals surface area (Å²) in [5.74, 6) is 1.15. The normalized spacial score (nSPS) is 10.6. The highest BCUT2D eigenvalue weighted by Crippen LogP contribution is 2.28. The molecule has 2 aromatic carbocycles. The summed E-state index contributed by atoms with van der Waals surface area (Å²) in [5.41, 5.74) is 2.24. The maximum absolute atomic E-state index is 12.5. The molecule has 0 spiro atoms. The van der Waals surface area contributed by atoms with E-state index in [0.717, 1.165) is 16.9 Å². The molecule has 3 rings (SSSR count). The average Bonchev–Trinajstić information content (AvgIpc) is 3.10. The van der Waals surface area contributed by atoms with Gasteiger partial charge < -0.3 is 14.8 Å². The first kappa shape index (κ1) is 21.0. The van der Waals surface area contributed by atoms with Gasteiger partial charge in [-0.15, -0.1) is 0 Å². The van der Waals surface area contributed by atoms with Gasteiger partial charge >= 0.3 is 0 Å². The summed E-state index contributed by atoms with van der Waals surface area (Å²) in [7, 11) is 1.51. The van der Waals surface area contributed by atoms with E-state index in [0.29, 0.717) is 22.3 Å². The molecule has 1 N–H and O–H groups in total. The second kappa shape index (κ2) is 9.63. The van der Waals surface area contributed by atoms with Crippen molar-refractivity contribution < 1.29 is 14.3 Å². The molecule has 152 valence electrons. The first-order valence-corrected chi connectivity index (χ1v) is 9.37.